The van der Waals surface area contributed by atoms with Gasteiger partial charge >= 0.3 is 6.03 Å². The molecule has 190 valence electrons. The number of aromatic nitrogens is 1. The lowest BCUT2D eigenvalue weighted by Crippen LogP contribution is -2.38. The van der Waals surface area contributed by atoms with Crippen LogP contribution in [0.25, 0.3) is 5.00 Å². The molecule has 0 bridgehead atoms. The highest BCUT2D eigenvalue weighted by molar-refractivity contribution is 7.15. The molecule has 37 heavy (non-hydrogen) atoms. The van der Waals surface area contributed by atoms with Gasteiger partial charge in [-0.2, -0.15) is 0 Å². The topological polar surface area (TPSA) is 49.7 Å². The van der Waals surface area contributed by atoms with Gasteiger partial charge in [-0.1, -0.05) is 29.8 Å². The highest BCUT2D eigenvalue weighted by Crippen LogP contribution is 2.44. The van der Waals surface area contributed by atoms with Crippen LogP contribution in [0.2, 0.25) is 0 Å². The van der Waals surface area contributed by atoms with E-state index in [2.05, 4.69) is 59.2 Å². The summed E-state index contributed by atoms with van der Waals surface area (Å²) in [5.74, 6) is 0.782. The van der Waals surface area contributed by atoms with Crippen LogP contribution in [0, 0.1) is 13.8 Å². The van der Waals surface area contributed by atoms with Gasteiger partial charge in [-0.3, -0.25) is 0 Å². The van der Waals surface area contributed by atoms with E-state index in [0.29, 0.717) is 6.54 Å². The number of carbonyl (C=O) groups excluding carboxylic acids is 1. The first-order valence-electron chi connectivity index (χ1n) is 12.7. The largest absolute Gasteiger partial charge is 0.497 e. The van der Waals surface area contributed by atoms with Crippen LogP contribution in [0.1, 0.15) is 44.4 Å². The molecular formula is C30H32N4O2S. The average molecular weight is 513 g/mol. The van der Waals surface area contributed by atoms with Crippen molar-refractivity contribution in [3.8, 4) is 10.8 Å². The third-order valence-corrected chi connectivity index (χ3v) is 8.81. The van der Waals surface area contributed by atoms with Crippen molar-refractivity contribution in [3.63, 3.8) is 0 Å². The van der Waals surface area contributed by atoms with E-state index in [9.17, 15) is 4.79 Å². The summed E-state index contributed by atoms with van der Waals surface area (Å²) in [6, 6.07) is 18.1. The molecule has 0 spiro atoms. The van der Waals surface area contributed by atoms with Crippen LogP contribution in [-0.4, -0.2) is 41.1 Å². The van der Waals surface area contributed by atoms with Crippen molar-refractivity contribution in [3.05, 3.63) is 99.2 Å². The molecule has 0 fully saturated rings. The van der Waals surface area contributed by atoms with Crippen molar-refractivity contribution in [2.45, 2.75) is 39.4 Å². The number of thiophene rings is 1. The molecule has 0 unspecified atom stereocenters. The number of aryl methyl sites for hydroxylation is 2. The number of ether oxygens (including phenoxy) is 1. The lowest BCUT2D eigenvalue weighted by Gasteiger charge is -2.32. The first-order chi connectivity index (χ1) is 17.9. The summed E-state index contributed by atoms with van der Waals surface area (Å²) < 4.78 is 7.87. The predicted molar refractivity (Wildman–Crippen MR) is 149 cm³/mol. The molecule has 4 aromatic rings. The van der Waals surface area contributed by atoms with E-state index < -0.39 is 0 Å². The number of fused-ring (bicyclic) bond motifs is 5. The predicted octanol–water partition coefficient (Wildman–Crippen LogP) is 6.29. The summed E-state index contributed by atoms with van der Waals surface area (Å²) in [6.07, 6.45) is 3.14. The van der Waals surface area contributed by atoms with Crippen molar-refractivity contribution in [2.75, 3.05) is 26.0 Å². The van der Waals surface area contributed by atoms with Gasteiger partial charge in [0, 0.05) is 35.4 Å². The molecule has 0 saturated heterocycles. The lowest BCUT2D eigenvalue weighted by atomic mass is 10.00. The van der Waals surface area contributed by atoms with Gasteiger partial charge < -0.3 is 24.4 Å². The van der Waals surface area contributed by atoms with Crippen LogP contribution in [0.3, 0.4) is 0 Å². The number of methoxy groups -OCH3 is 1. The number of urea groups is 1. The Balaban J connectivity index is 1.50. The molecule has 6 nitrogen and oxygen atoms in total. The minimum absolute atomic E-state index is 0.103. The van der Waals surface area contributed by atoms with Gasteiger partial charge in [0.15, 0.2) is 0 Å². The molecule has 6 rings (SSSR count). The minimum atomic E-state index is -0.266. The molecule has 1 atom stereocenters. The number of nitrogens with one attached hydrogen (secondary N) is 1. The fourth-order valence-corrected chi connectivity index (χ4v) is 7.10. The molecule has 0 saturated carbocycles. The Bertz CT molecular complexity index is 1490. The molecule has 2 aromatic carbocycles. The second kappa shape index (κ2) is 9.39. The van der Waals surface area contributed by atoms with Crippen LogP contribution < -0.4 is 10.1 Å². The smallest absolute Gasteiger partial charge is 0.322 e. The Labute approximate surface area is 222 Å². The minimum Gasteiger partial charge on any atom is -0.497 e. The van der Waals surface area contributed by atoms with Crippen molar-refractivity contribution in [2.24, 2.45) is 0 Å². The summed E-state index contributed by atoms with van der Waals surface area (Å²) in [5.41, 5.74) is 7.86. The molecular weight excluding hydrogens is 480 g/mol. The van der Waals surface area contributed by atoms with Crippen LogP contribution in [0.4, 0.5) is 10.5 Å². The van der Waals surface area contributed by atoms with Crippen molar-refractivity contribution in [1.29, 1.82) is 0 Å². The van der Waals surface area contributed by atoms with E-state index in [4.69, 9.17) is 4.74 Å². The fraction of sp³-hybridized carbons (Fsp3) is 0.300. The molecule has 7 heteroatoms. The van der Waals surface area contributed by atoms with Gasteiger partial charge in [-0.05, 0) is 74.3 Å². The maximum Gasteiger partial charge on any atom is 0.322 e. The first kappa shape index (κ1) is 23.8. The number of benzene rings is 2. The highest BCUT2D eigenvalue weighted by atomic mass is 32.1. The molecule has 0 radical (unpaired) electrons. The van der Waals surface area contributed by atoms with Gasteiger partial charge in [-0.15, -0.1) is 11.3 Å². The van der Waals surface area contributed by atoms with Crippen LogP contribution in [0.15, 0.2) is 60.8 Å². The second-order valence-corrected chi connectivity index (χ2v) is 11.2. The van der Waals surface area contributed by atoms with Gasteiger partial charge in [0.2, 0.25) is 0 Å². The molecule has 2 aromatic heterocycles. The monoisotopic (exact) mass is 512 g/mol. The number of nitrogens with zero attached hydrogens (tertiary/aromatic N) is 3. The third kappa shape index (κ3) is 4.22. The molecule has 2 aliphatic heterocycles. The molecule has 4 heterocycles. The van der Waals surface area contributed by atoms with Gasteiger partial charge in [0.25, 0.3) is 0 Å². The van der Waals surface area contributed by atoms with E-state index >= 15 is 0 Å². The zero-order chi connectivity index (χ0) is 25.7. The van der Waals surface area contributed by atoms with Gasteiger partial charge in [-0.25, -0.2) is 4.79 Å². The van der Waals surface area contributed by atoms with Crippen molar-refractivity contribution in [1.82, 2.24) is 14.4 Å². The van der Waals surface area contributed by atoms with E-state index in [0.717, 1.165) is 47.8 Å². The van der Waals surface area contributed by atoms with Crippen LogP contribution in [-0.2, 0) is 19.5 Å². The summed E-state index contributed by atoms with van der Waals surface area (Å²) in [4.78, 5) is 19.9. The molecule has 1 N–H and O–H groups in total. The Morgan fingerprint density at radius 2 is 1.92 bits per heavy atom. The van der Waals surface area contributed by atoms with Crippen LogP contribution in [0.5, 0.6) is 5.75 Å². The van der Waals surface area contributed by atoms with E-state index in [1.807, 2.05) is 53.5 Å². The summed E-state index contributed by atoms with van der Waals surface area (Å²) >= 11 is 1.87. The van der Waals surface area contributed by atoms with Crippen molar-refractivity contribution >= 4 is 23.1 Å². The number of rotatable bonds is 3. The molecule has 2 amide bonds. The number of carbonyl (C=O) groups is 1. The SMILES string of the molecule is COc1cccc([C@@H]2c3cccn3-c3sc4c(c3CN2C(=O)Nc2ccc(C)cc2C)CCN(C)C4)c1. The summed E-state index contributed by atoms with van der Waals surface area (Å²) in [6.45, 7) is 6.64. The zero-order valence-electron chi connectivity index (χ0n) is 21.7. The second-order valence-electron chi connectivity index (χ2n) is 10.1. The molecule has 0 aliphatic carbocycles. The Morgan fingerprint density at radius 3 is 2.73 bits per heavy atom. The number of amides is 2. The Morgan fingerprint density at radius 1 is 1.05 bits per heavy atom. The van der Waals surface area contributed by atoms with Crippen molar-refractivity contribution < 1.29 is 9.53 Å². The molecule has 2 aliphatic rings. The number of hydrogen-bond acceptors (Lipinski definition) is 4. The first-order valence-corrected chi connectivity index (χ1v) is 13.5. The van der Waals surface area contributed by atoms with E-state index in [1.54, 1.807) is 7.11 Å². The quantitative estimate of drug-likeness (QED) is 0.351. The zero-order valence-corrected chi connectivity index (χ0v) is 22.6. The maximum atomic E-state index is 14.1. The average Bonchev–Trinajstić information content (AvgIpc) is 3.47. The maximum absolute atomic E-state index is 14.1. The van der Waals surface area contributed by atoms with E-state index in [1.165, 1.54) is 26.6 Å². The van der Waals surface area contributed by atoms with Gasteiger partial charge in [0.1, 0.15) is 10.8 Å². The van der Waals surface area contributed by atoms with Gasteiger partial charge in [0.05, 0.1) is 25.4 Å². The third-order valence-electron chi connectivity index (χ3n) is 7.55. The highest BCUT2D eigenvalue weighted by Gasteiger charge is 2.36. The standard InChI is InChI=1S/C30H32N4O2S/c1-19-10-11-25(20(2)15-19)31-30(35)34-17-24-23-12-14-32(3)18-27(23)37-29(24)33-13-6-9-26(33)28(34)21-7-5-8-22(16-21)36-4/h5-11,13,15-16,28H,12,14,17-18H2,1-4H3,(H,31,35)/t28-/m1/s1. The summed E-state index contributed by atoms with van der Waals surface area (Å²) in [7, 11) is 3.86. The number of hydrogen-bond donors (Lipinski definition) is 1. The Kier molecular flexibility index (Phi) is 6.05. The lowest BCUT2D eigenvalue weighted by molar-refractivity contribution is 0.194. The number of likely N-dealkylation sites (N-methyl/N-ethyl adjacent to an activating group) is 1. The normalized spacial score (nSPS) is 17.0. The van der Waals surface area contributed by atoms with Crippen LogP contribution >= 0.6 is 11.3 Å². The number of anilines is 1. The Hall–Kier alpha value is -3.55. The summed E-state index contributed by atoms with van der Waals surface area (Å²) in [5, 5.41) is 4.47. The van der Waals surface area contributed by atoms with E-state index in [-0.39, 0.29) is 12.1 Å². The fourth-order valence-electron chi connectivity index (χ4n) is 5.66.